The van der Waals surface area contributed by atoms with Gasteiger partial charge in [0.05, 0.1) is 5.92 Å². The number of nitrogens with zero attached hydrogens (tertiary/aromatic N) is 2. The Kier molecular flexibility index (Phi) is 3.97. The average Bonchev–Trinajstić information content (AvgIpc) is 3.19. The number of anilines is 1. The lowest BCUT2D eigenvalue weighted by Crippen LogP contribution is -2.48. The van der Waals surface area contributed by atoms with E-state index in [4.69, 9.17) is 0 Å². The molecule has 0 radical (unpaired) electrons. The standard InChI is InChI=1S/C20H24N2OS/c1-13-4-5-18-16(10-13)17-11-21(3)8-6-19(17)22(18)20(23)14(2)15-7-9-24-12-15/h4-5,7,9-10,12,14,17,19H,6,8,11H2,1-3H3/t14-,17-,19-/m0/s1. The molecular formula is C20H24N2OS. The summed E-state index contributed by atoms with van der Waals surface area (Å²) in [5, 5.41) is 4.15. The summed E-state index contributed by atoms with van der Waals surface area (Å²) in [6.07, 6.45) is 1.05. The van der Waals surface area contributed by atoms with Crippen molar-refractivity contribution >= 4 is 22.9 Å². The summed E-state index contributed by atoms with van der Waals surface area (Å²) in [6, 6.07) is 8.96. The van der Waals surface area contributed by atoms with Gasteiger partial charge in [-0.2, -0.15) is 11.3 Å². The number of thiophene rings is 1. The minimum Gasteiger partial charge on any atom is -0.308 e. The van der Waals surface area contributed by atoms with Crippen LogP contribution in [0.15, 0.2) is 35.0 Å². The van der Waals surface area contributed by atoms with E-state index in [1.807, 2.05) is 6.92 Å². The van der Waals surface area contributed by atoms with Crippen LogP contribution in [0.4, 0.5) is 5.69 Å². The molecule has 2 aliphatic heterocycles. The molecule has 4 heteroatoms. The molecular weight excluding hydrogens is 316 g/mol. The molecule has 0 unspecified atom stereocenters. The second-order valence-corrected chi connectivity index (χ2v) is 8.05. The zero-order valence-corrected chi connectivity index (χ0v) is 15.3. The maximum absolute atomic E-state index is 13.3. The van der Waals surface area contributed by atoms with Crippen LogP contribution in [0, 0.1) is 6.92 Å². The van der Waals surface area contributed by atoms with Crippen molar-refractivity contribution in [1.82, 2.24) is 4.90 Å². The largest absolute Gasteiger partial charge is 0.308 e. The van der Waals surface area contributed by atoms with Gasteiger partial charge in [-0.3, -0.25) is 4.79 Å². The number of hydrogen-bond acceptors (Lipinski definition) is 3. The number of piperidine rings is 1. The summed E-state index contributed by atoms with van der Waals surface area (Å²) < 4.78 is 0. The molecule has 2 aliphatic rings. The van der Waals surface area contributed by atoms with Gasteiger partial charge in [-0.25, -0.2) is 0 Å². The smallest absolute Gasteiger partial charge is 0.234 e. The van der Waals surface area contributed by atoms with Crippen LogP contribution in [0.25, 0.3) is 0 Å². The number of fused-ring (bicyclic) bond motifs is 3. The van der Waals surface area contributed by atoms with E-state index in [-0.39, 0.29) is 11.8 Å². The maximum Gasteiger partial charge on any atom is 0.234 e. The molecule has 3 atom stereocenters. The van der Waals surface area contributed by atoms with Crippen molar-refractivity contribution in [3.63, 3.8) is 0 Å². The molecule has 1 saturated heterocycles. The molecule has 2 aromatic rings. The molecule has 1 aromatic heterocycles. The highest BCUT2D eigenvalue weighted by atomic mass is 32.1. The Balaban J connectivity index is 1.73. The van der Waals surface area contributed by atoms with E-state index in [2.05, 4.69) is 58.8 Å². The number of likely N-dealkylation sites (N-methyl/N-ethyl adjacent to an activating group) is 1. The van der Waals surface area contributed by atoms with Gasteiger partial charge in [0.25, 0.3) is 0 Å². The Morgan fingerprint density at radius 1 is 1.33 bits per heavy atom. The highest BCUT2D eigenvalue weighted by Crippen LogP contribution is 2.46. The zero-order valence-electron chi connectivity index (χ0n) is 14.5. The van der Waals surface area contributed by atoms with Crippen LogP contribution < -0.4 is 4.90 Å². The molecule has 0 aliphatic carbocycles. The number of hydrogen-bond donors (Lipinski definition) is 0. The van der Waals surface area contributed by atoms with Gasteiger partial charge in [-0.15, -0.1) is 0 Å². The van der Waals surface area contributed by atoms with E-state index in [9.17, 15) is 4.79 Å². The van der Waals surface area contributed by atoms with Crippen LogP contribution in [0.5, 0.6) is 0 Å². The molecule has 3 nitrogen and oxygen atoms in total. The van der Waals surface area contributed by atoms with E-state index in [1.54, 1.807) is 11.3 Å². The van der Waals surface area contributed by atoms with E-state index >= 15 is 0 Å². The van der Waals surface area contributed by atoms with Crippen molar-refractivity contribution in [2.24, 2.45) is 0 Å². The predicted molar refractivity (Wildman–Crippen MR) is 100 cm³/mol. The molecule has 4 rings (SSSR count). The van der Waals surface area contributed by atoms with Crippen molar-refractivity contribution in [3.05, 3.63) is 51.7 Å². The Labute approximate surface area is 147 Å². The van der Waals surface area contributed by atoms with E-state index in [0.29, 0.717) is 12.0 Å². The molecule has 1 amide bonds. The third-order valence-electron chi connectivity index (χ3n) is 5.60. The van der Waals surface area contributed by atoms with Crippen molar-refractivity contribution in [2.45, 2.75) is 38.1 Å². The van der Waals surface area contributed by atoms with Crippen LogP contribution in [0.2, 0.25) is 0 Å². The number of carbonyl (C=O) groups excluding carboxylic acids is 1. The molecule has 0 N–H and O–H groups in total. The second-order valence-electron chi connectivity index (χ2n) is 7.27. The third kappa shape index (κ3) is 2.49. The molecule has 0 spiro atoms. The lowest BCUT2D eigenvalue weighted by Gasteiger charge is -2.37. The topological polar surface area (TPSA) is 23.6 Å². The van der Waals surface area contributed by atoms with Crippen LogP contribution in [-0.2, 0) is 4.79 Å². The SMILES string of the molecule is Cc1ccc2c(c1)[C@@H]1CN(C)CC[C@@H]1N2C(=O)[C@@H](C)c1ccsc1. The summed E-state index contributed by atoms with van der Waals surface area (Å²) in [7, 11) is 2.18. The Bertz CT molecular complexity index is 755. The molecule has 3 heterocycles. The predicted octanol–water partition coefficient (Wildman–Crippen LogP) is 3.99. The summed E-state index contributed by atoms with van der Waals surface area (Å²) in [4.78, 5) is 17.9. The van der Waals surface area contributed by atoms with E-state index in [0.717, 1.165) is 30.8 Å². The first-order chi connectivity index (χ1) is 11.6. The zero-order chi connectivity index (χ0) is 16.8. The van der Waals surface area contributed by atoms with Gasteiger partial charge in [0.15, 0.2) is 0 Å². The van der Waals surface area contributed by atoms with Gasteiger partial charge in [-0.05, 0) is 67.9 Å². The molecule has 126 valence electrons. The fraction of sp³-hybridized carbons (Fsp3) is 0.450. The van der Waals surface area contributed by atoms with Crippen molar-refractivity contribution in [2.75, 3.05) is 25.0 Å². The van der Waals surface area contributed by atoms with E-state index < -0.39 is 0 Å². The summed E-state index contributed by atoms with van der Waals surface area (Å²) >= 11 is 1.66. The van der Waals surface area contributed by atoms with Crippen molar-refractivity contribution < 1.29 is 4.79 Å². The Morgan fingerprint density at radius 3 is 2.92 bits per heavy atom. The van der Waals surface area contributed by atoms with Crippen molar-refractivity contribution in [1.29, 1.82) is 0 Å². The number of carbonyl (C=O) groups is 1. The van der Waals surface area contributed by atoms with Crippen LogP contribution >= 0.6 is 11.3 Å². The molecule has 1 aromatic carbocycles. The van der Waals surface area contributed by atoms with Gasteiger partial charge in [0.2, 0.25) is 5.91 Å². The van der Waals surface area contributed by atoms with Crippen LogP contribution in [-0.4, -0.2) is 37.0 Å². The Morgan fingerprint density at radius 2 is 2.17 bits per heavy atom. The molecule has 0 bridgehead atoms. The maximum atomic E-state index is 13.3. The van der Waals surface area contributed by atoms with Gasteiger partial charge in [0.1, 0.15) is 0 Å². The summed E-state index contributed by atoms with van der Waals surface area (Å²) in [5.41, 5.74) is 4.91. The lowest BCUT2D eigenvalue weighted by atomic mass is 9.88. The number of aryl methyl sites for hydroxylation is 1. The Hall–Kier alpha value is -1.65. The first-order valence-corrected chi connectivity index (χ1v) is 9.65. The van der Waals surface area contributed by atoms with E-state index in [1.165, 1.54) is 11.1 Å². The lowest BCUT2D eigenvalue weighted by molar-refractivity contribution is -0.120. The summed E-state index contributed by atoms with van der Waals surface area (Å²) in [5.74, 6) is 0.608. The van der Waals surface area contributed by atoms with Gasteiger partial charge in [-0.1, -0.05) is 17.7 Å². The van der Waals surface area contributed by atoms with Crippen molar-refractivity contribution in [3.8, 4) is 0 Å². The minimum atomic E-state index is -0.0798. The second kappa shape index (κ2) is 6.01. The van der Waals surface area contributed by atoms with Gasteiger partial charge < -0.3 is 9.80 Å². The summed E-state index contributed by atoms with van der Waals surface area (Å²) in [6.45, 7) is 6.28. The molecule has 1 fully saturated rings. The number of amides is 1. The monoisotopic (exact) mass is 340 g/mol. The first-order valence-electron chi connectivity index (χ1n) is 8.70. The number of likely N-dealkylation sites (tertiary alicyclic amines) is 1. The quantitative estimate of drug-likeness (QED) is 0.825. The number of rotatable bonds is 2. The highest BCUT2D eigenvalue weighted by molar-refractivity contribution is 7.08. The minimum absolute atomic E-state index is 0.0798. The van der Waals surface area contributed by atoms with Crippen LogP contribution in [0.3, 0.4) is 0 Å². The third-order valence-corrected chi connectivity index (χ3v) is 6.31. The first kappa shape index (κ1) is 15.9. The normalized spacial score (nSPS) is 24.5. The number of benzene rings is 1. The fourth-order valence-electron chi connectivity index (χ4n) is 4.24. The van der Waals surface area contributed by atoms with Gasteiger partial charge >= 0.3 is 0 Å². The van der Waals surface area contributed by atoms with Crippen LogP contribution in [0.1, 0.15) is 41.9 Å². The fourth-order valence-corrected chi connectivity index (χ4v) is 5.00. The van der Waals surface area contributed by atoms with Gasteiger partial charge in [0, 0.05) is 24.2 Å². The average molecular weight is 340 g/mol. The molecule has 24 heavy (non-hydrogen) atoms. The molecule has 0 saturated carbocycles. The highest BCUT2D eigenvalue weighted by Gasteiger charge is 2.44.